The molecular formula is C22H21N3O5. The van der Waals surface area contributed by atoms with E-state index in [1.54, 1.807) is 0 Å². The van der Waals surface area contributed by atoms with Crippen molar-refractivity contribution in [1.82, 2.24) is 15.4 Å². The van der Waals surface area contributed by atoms with Gasteiger partial charge in [0.2, 0.25) is 17.7 Å². The minimum absolute atomic E-state index is 0.188. The fourth-order valence-electron chi connectivity index (χ4n) is 4.27. The number of piperidine rings is 1. The van der Waals surface area contributed by atoms with Gasteiger partial charge in [0.1, 0.15) is 18.1 Å². The van der Waals surface area contributed by atoms with Gasteiger partial charge in [-0.05, 0) is 47.9 Å². The normalized spacial score (nSPS) is 19.7. The first-order chi connectivity index (χ1) is 14.6. The average Bonchev–Trinajstić information content (AvgIpc) is 3.34. The van der Waals surface area contributed by atoms with Gasteiger partial charge in [-0.1, -0.05) is 11.2 Å². The van der Waals surface area contributed by atoms with E-state index in [-0.39, 0.29) is 24.1 Å². The maximum absolute atomic E-state index is 12.3. The molecule has 154 valence electrons. The number of imide groups is 1. The number of aromatic nitrogens is 1. The first kappa shape index (κ1) is 18.6. The number of nitrogens with one attached hydrogen (secondary N) is 1. The summed E-state index contributed by atoms with van der Waals surface area (Å²) in [4.78, 5) is 37.3. The van der Waals surface area contributed by atoms with Crippen molar-refractivity contribution in [2.75, 3.05) is 19.7 Å². The van der Waals surface area contributed by atoms with Crippen LogP contribution in [0.1, 0.15) is 37.3 Å². The average molecular weight is 407 g/mol. The maximum atomic E-state index is 12.3. The van der Waals surface area contributed by atoms with E-state index in [0.717, 1.165) is 29.1 Å². The van der Waals surface area contributed by atoms with Gasteiger partial charge in [0.05, 0.1) is 17.8 Å². The molecule has 0 bridgehead atoms. The van der Waals surface area contributed by atoms with Gasteiger partial charge >= 0.3 is 0 Å². The number of fused-ring (bicyclic) bond motifs is 3. The number of likely N-dealkylation sites (tertiary alicyclic amines) is 1. The largest absolute Gasteiger partial charge is 0.492 e. The van der Waals surface area contributed by atoms with Gasteiger partial charge < -0.3 is 14.2 Å². The summed E-state index contributed by atoms with van der Waals surface area (Å²) in [5.41, 5.74) is 1.16. The first-order valence-electron chi connectivity index (χ1n) is 10.2. The monoisotopic (exact) mass is 407 g/mol. The van der Waals surface area contributed by atoms with Crippen molar-refractivity contribution in [3.8, 4) is 5.75 Å². The molecule has 0 aliphatic carbocycles. The van der Waals surface area contributed by atoms with Crippen LogP contribution in [0.3, 0.4) is 0 Å². The van der Waals surface area contributed by atoms with E-state index in [2.05, 4.69) is 10.5 Å². The molecule has 1 atom stereocenters. The molecule has 3 amide bonds. The molecular weight excluding hydrogens is 386 g/mol. The number of carbonyl (C=O) groups excluding carboxylic acids is 3. The van der Waals surface area contributed by atoms with Crippen LogP contribution in [0.5, 0.6) is 5.75 Å². The molecule has 2 aliphatic rings. The van der Waals surface area contributed by atoms with Gasteiger partial charge in [0.25, 0.3) is 0 Å². The highest BCUT2D eigenvalue weighted by molar-refractivity contribution is 6.10. The number of hydrogen-bond donors (Lipinski definition) is 1. The molecule has 0 radical (unpaired) electrons. The minimum Gasteiger partial charge on any atom is -0.492 e. The summed E-state index contributed by atoms with van der Waals surface area (Å²) >= 11 is 0. The Morgan fingerprint density at radius 1 is 1.17 bits per heavy atom. The summed E-state index contributed by atoms with van der Waals surface area (Å²) in [6.07, 6.45) is 2.24. The number of amides is 3. The zero-order chi connectivity index (χ0) is 20.7. The SMILES string of the molecule is O=C1CC[C@H](c2noc3ccc4cc(OCCN5CCCC5=O)ccc4c23)C(=O)N1. The molecule has 2 fully saturated rings. The number of rotatable bonds is 5. The lowest BCUT2D eigenvalue weighted by Crippen LogP contribution is -2.39. The van der Waals surface area contributed by atoms with Crippen LogP contribution in [0.2, 0.25) is 0 Å². The van der Waals surface area contributed by atoms with Crippen LogP contribution < -0.4 is 10.1 Å². The molecule has 8 heteroatoms. The standard InChI is InChI=1S/C22H21N3O5/c26-18-8-6-16(22(28)23-18)21-20-15-5-4-14(12-13(15)3-7-17(20)30-24-21)29-11-10-25-9-1-2-19(25)27/h3-5,7,12,16H,1-2,6,8-11H2,(H,23,26,28)/t16-/m1/s1. The van der Waals surface area contributed by atoms with Crippen molar-refractivity contribution >= 4 is 39.5 Å². The zero-order valence-electron chi connectivity index (χ0n) is 16.3. The second-order valence-electron chi connectivity index (χ2n) is 7.73. The van der Waals surface area contributed by atoms with Gasteiger partial charge in [0, 0.05) is 19.4 Å². The van der Waals surface area contributed by atoms with Crippen LogP contribution in [0.15, 0.2) is 34.9 Å². The van der Waals surface area contributed by atoms with E-state index in [0.29, 0.717) is 43.0 Å². The van der Waals surface area contributed by atoms with Crippen LogP contribution in [0, 0.1) is 0 Å². The Hall–Kier alpha value is -3.42. The lowest BCUT2D eigenvalue weighted by Gasteiger charge is -2.19. The number of benzene rings is 2. The Labute approximate surface area is 172 Å². The molecule has 5 rings (SSSR count). The third-order valence-corrected chi connectivity index (χ3v) is 5.82. The van der Waals surface area contributed by atoms with Gasteiger partial charge in [-0.25, -0.2) is 0 Å². The van der Waals surface area contributed by atoms with Crippen molar-refractivity contribution in [3.05, 3.63) is 36.0 Å². The Balaban J connectivity index is 1.41. The smallest absolute Gasteiger partial charge is 0.235 e. The second kappa shape index (κ2) is 7.44. The summed E-state index contributed by atoms with van der Waals surface area (Å²) in [5.74, 6) is -0.204. The molecule has 2 saturated heterocycles. The highest BCUT2D eigenvalue weighted by atomic mass is 16.5. The number of carbonyl (C=O) groups is 3. The predicted molar refractivity (Wildman–Crippen MR) is 108 cm³/mol. The topological polar surface area (TPSA) is 102 Å². The van der Waals surface area contributed by atoms with Crippen LogP contribution in [-0.2, 0) is 14.4 Å². The Kier molecular flexibility index (Phi) is 4.61. The molecule has 8 nitrogen and oxygen atoms in total. The molecule has 0 saturated carbocycles. The van der Waals surface area contributed by atoms with Crippen LogP contribution in [0.25, 0.3) is 21.7 Å². The third kappa shape index (κ3) is 3.28. The van der Waals surface area contributed by atoms with E-state index in [1.807, 2.05) is 35.2 Å². The fraction of sp³-hybridized carbons (Fsp3) is 0.364. The molecule has 2 aromatic carbocycles. The highest BCUT2D eigenvalue weighted by Gasteiger charge is 2.32. The van der Waals surface area contributed by atoms with Crippen LogP contribution >= 0.6 is 0 Å². The molecule has 0 spiro atoms. The van der Waals surface area contributed by atoms with Crippen LogP contribution in [-0.4, -0.2) is 47.5 Å². The number of hydrogen-bond acceptors (Lipinski definition) is 6. The summed E-state index contributed by atoms with van der Waals surface area (Å²) in [7, 11) is 0. The van der Waals surface area contributed by atoms with E-state index in [1.165, 1.54) is 0 Å². The molecule has 1 aromatic heterocycles. The van der Waals surface area contributed by atoms with Crippen molar-refractivity contribution in [3.63, 3.8) is 0 Å². The van der Waals surface area contributed by atoms with E-state index < -0.39 is 5.92 Å². The summed E-state index contributed by atoms with van der Waals surface area (Å²) in [6.45, 7) is 1.82. The third-order valence-electron chi connectivity index (χ3n) is 5.82. The molecule has 2 aliphatic heterocycles. The van der Waals surface area contributed by atoms with Crippen molar-refractivity contribution in [2.45, 2.75) is 31.6 Å². The van der Waals surface area contributed by atoms with Crippen molar-refractivity contribution in [1.29, 1.82) is 0 Å². The molecule has 30 heavy (non-hydrogen) atoms. The molecule has 3 heterocycles. The Morgan fingerprint density at radius 3 is 2.87 bits per heavy atom. The van der Waals surface area contributed by atoms with E-state index >= 15 is 0 Å². The first-order valence-corrected chi connectivity index (χ1v) is 10.2. The summed E-state index contributed by atoms with van der Waals surface area (Å²) in [5, 5.41) is 9.17. The Morgan fingerprint density at radius 2 is 2.07 bits per heavy atom. The van der Waals surface area contributed by atoms with Crippen molar-refractivity contribution in [2.24, 2.45) is 0 Å². The lowest BCUT2D eigenvalue weighted by molar-refractivity contribution is -0.134. The van der Waals surface area contributed by atoms with Crippen LogP contribution in [0.4, 0.5) is 0 Å². The fourth-order valence-corrected chi connectivity index (χ4v) is 4.27. The molecule has 3 aromatic rings. The highest BCUT2D eigenvalue weighted by Crippen LogP contribution is 2.36. The number of ether oxygens (including phenoxy) is 1. The number of nitrogens with zero attached hydrogens (tertiary/aromatic N) is 2. The summed E-state index contributed by atoms with van der Waals surface area (Å²) in [6, 6.07) is 9.48. The quantitative estimate of drug-likeness (QED) is 0.652. The minimum atomic E-state index is -0.511. The second-order valence-corrected chi connectivity index (χ2v) is 7.73. The molecule has 0 unspecified atom stereocenters. The van der Waals surface area contributed by atoms with Gasteiger partial charge in [-0.3, -0.25) is 19.7 Å². The Bertz CT molecular complexity index is 1170. The van der Waals surface area contributed by atoms with E-state index in [9.17, 15) is 14.4 Å². The molecule has 1 N–H and O–H groups in total. The van der Waals surface area contributed by atoms with Gasteiger partial charge in [0.15, 0.2) is 5.58 Å². The van der Waals surface area contributed by atoms with Gasteiger partial charge in [-0.2, -0.15) is 0 Å². The maximum Gasteiger partial charge on any atom is 0.235 e. The van der Waals surface area contributed by atoms with E-state index in [4.69, 9.17) is 9.26 Å². The summed E-state index contributed by atoms with van der Waals surface area (Å²) < 4.78 is 11.3. The lowest BCUT2D eigenvalue weighted by atomic mass is 9.91. The van der Waals surface area contributed by atoms with Gasteiger partial charge in [-0.15, -0.1) is 0 Å². The predicted octanol–water partition coefficient (Wildman–Crippen LogP) is 2.50. The van der Waals surface area contributed by atoms with Crippen molar-refractivity contribution < 1.29 is 23.6 Å². The zero-order valence-corrected chi connectivity index (χ0v) is 16.3.